The van der Waals surface area contributed by atoms with Crippen molar-refractivity contribution in [3.8, 4) is 0 Å². The summed E-state index contributed by atoms with van der Waals surface area (Å²) in [5, 5.41) is 5.61. The van der Waals surface area contributed by atoms with Gasteiger partial charge in [-0.3, -0.25) is 9.79 Å². The lowest BCUT2D eigenvalue weighted by Gasteiger charge is -2.06. The van der Waals surface area contributed by atoms with Crippen molar-refractivity contribution < 1.29 is 13.9 Å². The summed E-state index contributed by atoms with van der Waals surface area (Å²) in [6, 6.07) is 3.27. The molecule has 0 spiro atoms. The molecular weight excluding hydrogens is 387 g/mol. The third-order valence-electron chi connectivity index (χ3n) is 2.39. The van der Waals surface area contributed by atoms with E-state index in [4.69, 9.17) is 14.9 Å². The first-order valence-electron chi connectivity index (χ1n) is 6.67. The monoisotopic (exact) mass is 410 g/mol. The highest BCUT2D eigenvalue weighted by atomic mass is 127. The first-order chi connectivity index (χ1) is 9.74. The first-order valence-corrected chi connectivity index (χ1v) is 6.67. The van der Waals surface area contributed by atoms with Crippen molar-refractivity contribution in [1.82, 2.24) is 10.6 Å². The Hall–Kier alpha value is -1.29. The fourth-order valence-corrected chi connectivity index (χ4v) is 1.43. The van der Waals surface area contributed by atoms with Gasteiger partial charge in [-0.2, -0.15) is 0 Å². The van der Waals surface area contributed by atoms with Crippen LogP contribution in [0.1, 0.15) is 23.9 Å². The van der Waals surface area contributed by atoms with Crippen molar-refractivity contribution in [2.45, 2.75) is 13.3 Å². The van der Waals surface area contributed by atoms with Gasteiger partial charge >= 0.3 is 0 Å². The highest BCUT2D eigenvalue weighted by Gasteiger charge is 2.06. The van der Waals surface area contributed by atoms with Crippen LogP contribution in [0.3, 0.4) is 0 Å². The average Bonchev–Trinajstić information content (AvgIpc) is 2.97. The van der Waals surface area contributed by atoms with Crippen molar-refractivity contribution in [2.24, 2.45) is 10.7 Å². The van der Waals surface area contributed by atoms with Gasteiger partial charge in [0.2, 0.25) is 0 Å². The number of nitrogens with one attached hydrogen (secondary N) is 2. The third kappa shape index (κ3) is 9.29. The van der Waals surface area contributed by atoms with Crippen LogP contribution in [0.25, 0.3) is 0 Å². The Morgan fingerprint density at radius 1 is 1.43 bits per heavy atom. The highest BCUT2D eigenvalue weighted by molar-refractivity contribution is 14.0. The zero-order chi connectivity index (χ0) is 14.6. The second-order valence-electron chi connectivity index (χ2n) is 3.98. The molecule has 0 aliphatic carbocycles. The fourth-order valence-electron chi connectivity index (χ4n) is 1.43. The van der Waals surface area contributed by atoms with Crippen molar-refractivity contribution in [2.75, 3.05) is 32.8 Å². The molecule has 0 aliphatic heterocycles. The largest absolute Gasteiger partial charge is 0.459 e. The number of aliphatic imine (C=N–C) groups is 1. The Kier molecular flexibility index (Phi) is 11.7. The number of furan rings is 1. The van der Waals surface area contributed by atoms with Crippen LogP contribution in [-0.4, -0.2) is 44.7 Å². The van der Waals surface area contributed by atoms with Crippen LogP contribution in [0.2, 0.25) is 0 Å². The van der Waals surface area contributed by atoms with Gasteiger partial charge in [0.05, 0.1) is 6.26 Å². The number of guanidine groups is 1. The van der Waals surface area contributed by atoms with Gasteiger partial charge < -0.3 is 25.5 Å². The molecule has 1 heterocycles. The van der Waals surface area contributed by atoms with E-state index in [0.29, 0.717) is 44.6 Å². The summed E-state index contributed by atoms with van der Waals surface area (Å²) < 4.78 is 10.2. The summed E-state index contributed by atoms with van der Waals surface area (Å²) in [5.41, 5.74) is 5.67. The fraction of sp³-hybridized carbons (Fsp3) is 0.538. The minimum Gasteiger partial charge on any atom is -0.459 e. The molecule has 0 bridgehead atoms. The molecule has 0 saturated heterocycles. The number of carbonyl (C=O) groups is 1. The SMILES string of the molecule is CCOCCCN=C(N)NCCNC(=O)c1ccco1.I. The maximum atomic E-state index is 11.5. The molecule has 1 rings (SSSR count). The molecule has 0 aliphatic rings. The van der Waals surface area contributed by atoms with E-state index in [0.717, 1.165) is 6.42 Å². The topological polar surface area (TPSA) is 102 Å². The Labute approximate surface area is 141 Å². The lowest BCUT2D eigenvalue weighted by Crippen LogP contribution is -2.38. The van der Waals surface area contributed by atoms with E-state index in [1.54, 1.807) is 12.1 Å². The lowest BCUT2D eigenvalue weighted by molar-refractivity contribution is 0.0926. The summed E-state index contributed by atoms with van der Waals surface area (Å²) in [7, 11) is 0. The van der Waals surface area contributed by atoms with Crippen LogP contribution in [0.4, 0.5) is 0 Å². The molecule has 1 aromatic rings. The molecule has 0 unspecified atom stereocenters. The molecule has 0 aromatic carbocycles. The van der Waals surface area contributed by atoms with Crippen molar-refractivity contribution in [1.29, 1.82) is 0 Å². The predicted octanol–water partition coefficient (Wildman–Crippen LogP) is 0.958. The summed E-state index contributed by atoms with van der Waals surface area (Å²) in [6.45, 7) is 4.93. The zero-order valence-corrected chi connectivity index (χ0v) is 14.5. The summed E-state index contributed by atoms with van der Waals surface area (Å²) in [4.78, 5) is 15.6. The molecular formula is C13H23IN4O3. The molecule has 1 amide bonds. The van der Waals surface area contributed by atoms with E-state index in [-0.39, 0.29) is 29.9 Å². The minimum absolute atomic E-state index is 0. The van der Waals surface area contributed by atoms with Crippen molar-refractivity contribution >= 4 is 35.8 Å². The molecule has 21 heavy (non-hydrogen) atoms. The number of nitrogens with zero attached hydrogens (tertiary/aromatic N) is 1. The smallest absolute Gasteiger partial charge is 0.287 e. The van der Waals surface area contributed by atoms with E-state index in [1.807, 2.05) is 6.92 Å². The Morgan fingerprint density at radius 2 is 2.19 bits per heavy atom. The number of carbonyl (C=O) groups excluding carboxylic acids is 1. The molecule has 120 valence electrons. The van der Waals surface area contributed by atoms with Crippen molar-refractivity contribution in [3.05, 3.63) is 24.2 Å². The standard InChI is InChI=1S/C13H22N4O3.HI/c1-2-19-9-4-6-16-13(14)17-8-7-15-12(18)11-5-3-10-20-11;/h3,5,10H,2,4,6-9H2,1H3,(H,15,18)(H3,14,16,17);1H. The molecule has 0 fully saturated rings. The van der Waals surface area contributed by atoms with Crippen LogP contribution in [0.5, 0.6) is 0 Å². The maximum absolute atomic E-state index is 11.5. The van der Waals surface area contributed by atoms with Crippen LogP contribution >= 0.6 is 24.0 Å². The molecule has 0 radical (unpaired) electrons. The van der Waals surface area contributed by atoms with Gasteiger partial charge in [-0.05, 0) is 25.5 Å². The Morgan fingerprint density at radius 3 is 2.86 bits per heavy atom. The molecule has 4 N–H and O–H groups in total. The van der Waals surface area contributed by atoms with Gasteiger partial charge in [0.15, 0.2) is 11.7 Å². The Balaban J connectivity index is 0.00000400. The average molecular weight is 410 g/mol. The van der Waals surface area contributed by atoms with Gasteiger partial charge in [-0.1, -0.05) is 0 Å². The normalized spacial score (nSPS) is 10.8. The lowest BCUT2D eigenvalue weighted by atomic mass is 10.4. The molecule has 7 nitrogen and oxygen atoms in total. The summed E-state index contributed by atoms with van der Waals surface area (Å²) in [6.07, 6.45) is 2.30. The number of hydrogen-bond acceptors (Lipinski definition) is 4. The van der Waals surface area contributed by atoms with E-state index in [9.17, 15) is 4.79 Å². The van der Waals surface area contributed by atoms with Crippen LogP contribution in [-0.2, 0) is 4.74 Å². The minimum atomic E-state index is -0.246. The Bertz CT molecular complexity index is 410. The number of rotatable bonds is 9. The predicted molar refractivity (Wildman–Crippen MR) is 92.1 cm³/mol. The molecule has 0 atom stereocenters. The molecule has 8 heteroatoms. The summed E-state index contributed by atoms with van der Waals surface area (Å²) >= 11 is 0. The van der Waals surface area contributed by atoms with Gasteiger partial charge in [-0.15, -0.1) is 24.0 Å². The van der Waals surface area contributed by atoms with Gasteiger partial charge in [0.25, 0.3) is 5.91 Å². The van der Waals surface area contributed by atoms with Crippen molar-refractivity contribution in [3.63, 3.8) is 0 Å². The first kappa shape index (κ1) is 19.7. The number of halogens is 1. The second-order valence-corrected chi connectivity index (χ2v) is 3.98. The highest BCUT2D eigenvalue weighted by Crippen LogP contribution is 1.98. The quantitative estimate of drug-likeness (QED) is 0.244. The van der Waals surface area contributed by atoms with E-state index in [1.165, 1.54) is 6.26 Å². The van der Waals surface area contributed by atoms with E-state index in [2.05, 4.69) is 15.6 Å². The second kappa shape index (κ2) is 12.5. The van der Waals surface area contributed by atoms with Crippen LogP contribution in [0, 0.1) is 0 Å². The zero-order valence-electron chi connectivity index (χ0n) is 12.1. The number of nitrogens with two attached hydrogens (primary N) is 1. The number of amides is 1. The van der Waals surface area contributed by atoms with E-state index >= 15 is 0 Å². The van der Waals surface area contributed by atoms with Crippen LogP contribution < -0.4 is 16.4 Å². The number of ether oxygens (including phenoxy) is 1. The third-order valence-corrected chi connectivity index (χ3v) is 2.39. The summed E-state index contributed by atoms with van der Waals surface area (Å²) in [5.74, 6) is 0.417. The number of hydrogen-bond donors (Lipinski definition) is 3. The molecule has 0 saturated carbocycles. The molecule has 1 aromatic heterocycles. The van der Waals surface area contributed by atoms with E-state index < -0.39 is 0 Å². The van der Waals surface area contributed by atoms with Gasteiger partial charge in [0.1, 0.15) is 0 Å². The van der Waals surface area contributed by atoms with Gasteiger partial charge in [-0.25, -0.2) is 0 Å². The maximum Gasteiger partial charge on any atom is 0.287 e. The van der Waals surface area contributed by atoms with Gasteiger partial charge in [0, 0.05) is 32.8 Å². The van der Waals surface area contributed by atoms with Crippen LogP contribution in [0.15, 0.2) is 27.8 Å².